The van der Waals surface area contributed by atoms with E-state index >= 15 is 0 Å². The van der Waals surface area contributed by atoms with Gasteiger partial charge in [0.05, 0.1) is 0 Å². The van der Waals surface area contributed by atoms with Crippen LogP contribution in [0.3, 0.4) is 0 Å². The van der Waals surface area contributed by atoms with Crippen LogP contribution in [0.5, 0.6) is 0 Å². The van der Waals surface area contributed by atoms with Crippen LogP contribution >= 0.6 is 11.3 Å². The second-order valence-corrected chi connectivity index (χ2v) is 15.6. The number of nitrogens with two attached hydrogens (primary N) is 1. The van der Waals surface area contributed by atoms with E-state index in [1.54, 1.807) is 10.4 Å². The number of thiophene rings is 1. The second-order valence-electron chi connectivity index (χ2n) is 12.0. The van der Waals surface area contributed by atoms with Gasteiger partial charge in [-0.3, -0.25) is 0 Å². The number of hydrogen-bond donors (Lipinski definition) is 1. The molecular weight excluding hydrogens is 691 g/mol. The van der Waals surface area contributed by atoms with Gasteiger partial charge in [-0.05, 0) is 0 Å². The number of aryl methyl sites for hydroxylation is 3. The Morgan fingerprint density at radius 1 is 0.739 bits per heavy atom. The van der Waals surface area contributed by atoms with Crippen molar-refractivity contribution in [2.24, 2.45) is 0 Å². The molecule has 8 rings (SSSR count). The summed E-state index contributed by atoms with van der Waals surface area (Å²) >= 11 is 1.59. The molecule has 2 nitrogen and oxygen atoms in total. The monoisotopic (exact) mass is 725 g/mol. The van der Waals surface area contributed by atoms with Crippen molar-refractivity contribution in [3.8, 4) is 22.3 Å². The fourth-order valence-corrected chi connectivity index (χ4v) is 10.3. The predicted molar refractivity (Wildman–Crippen MR) is 192 cm³/mol. The quantitative estimate of drug-likeness (QED) is 0.140. The van der Waals surface area contributed by atoms with Crippen molar-refractivity contribution in [1.82, 2.24) is 4.98 Å². The van der Waals surface area contributed by atoms with Gasteiger partial charge in [0.15, 0.2) is 0 Å². The Kier molecular flexibility index (Phi) is 7.93. The first-order valence-electron chi connectivity index (χ1n) is 15.9. The average molecular weight is 726 g/mol. The van der Waals surface area contributed by atoms with E-state index in [4.69, 9.17) is 10.7 Å². The Balaban J connectivity index is 1.16. The summed E-state index contributed by atoms with van der Waals surface area (Å²) < 4.78 is 5.27. The third kappa shape index (κ3) is 5.44. The van der Waals surface area contributed by atoms with Gasteiger partial charge in [-0.15, -0.1) is 0 Å². The molecule has 0 spiro atoms. The van der Waals surface area contributed by atoms with E-state index in [2.05, 4.69) is 125 Å². The Bertz CT molecular complexity index is 2230. The van der Waals surface area contributed by atoms with Gasteiger partial charge in [0.2, 0.25) is 0 Å². The van der Waals surface area contributed by atoms with Gasteiger partial charge in [0.1, 0.15) is 0 Å². The molecule has 0 unspecified atom stereocenters. The van der Waals surface area contributed by atoms with E-state index < -0.39 is 21.2 Å². The number of anilines is 1. The fourth-order valence-electron chi connectivity index (χ4n) is 6.76. The van der Waals surface area contributed by atoms with Crippen molar-refractivity contribution in [3.05, 3.63) is 156 Å². The zero-order valence-electron chi connectivity index (χ0n) is 25.8. The van der Waals surface area contributed by atoms with Gasteiger partial charge >= 0.3 is 287 Å². The molecule has 1 aliphatic rings. The number of hydrogen-bond acceptors (Lipinski definition) is 3. The summed E-state index contributed by atoms with van der Waals surface area (Å²) in [5, 5.41) is 2.55. The van der Waals surface area contributed by atoms with E-state index in [0.29, 0.717) is 0 Å². The minimum absolute atomic E-state index is 0.423. The van der Waals surface area contributed by atoms with Crippen molar-refractivity contribution < 1.29 is 21.2 Å². The van der Waals surface area contributed by atoms with E-state index in [9.17, 15) is 0 Å². The molecule has 0 aliphatic heterocycles. The summed E-state index contributed by atoms with van der Waals surface area (Å²) in [5.74, 6) is 0. The Labute approximate surface area is 284 Å². The van der Waals surface area contributed by atoms with Crippen molar-refractivity contribution >= 4 is 43.6 Å². The first-order valence-corrected chi connectivity index (χ1v) is 19.1. The third-order valence-corrected chi connectivity index (χ3v) is 12.7. The predicted octanol–water partition coefficient (Wildman–Crippen LogP) is 7.90. The van der Waals surface area contributed by atoms with Gasteiger partial charge in [-0.25, -0.2) is 0 Å². The van der Waals surface area contributed by atoms with Gasteiger partial charge < -0.3 is 0 Å². The SMILES string of the molecule is Cc1cc(-c2ccccc2)c2ccc(/C(=C\[I-]c3ccc(-c4cccc5c6c(sc45)CCCC6)cc3)c3ccccc3)c(N)c2n1. The summed E-state index contributed by atoms with van der Waals surface area (Å²) in [6.07, 6.45) is 5.10. The Morgan fingerprint density at radius 2 is 1.48 bits per heavy atom. The first-order chi connectivity index (χ1) is 22.6. The molecule has 2 heterocycles. The molecular formula is C42H34IN2S-. The zero-order valence-corrected chi connectivity index (χ0v) is 28.7. The zero-order chi connectivity index (χ0) is 31.0. The van der Waals surface area contributed by atoms with Gasteiger partial charge in [0.25, 0.3) is 0 Å². The second kappa shape index (κ2) is 12.5. The van der Waals surface area contributed by atoms with Crippen molar-refractivity contribution in [2.75, 3.05) is 5.73 Å². The average Bonchev–Trinajstić information content (AvgIpc) is 3.49. The Morgan fingerprint density at radius 3 is 2.28 bits per heavy atom. The molecule has 4 heteroatoms. The maximum atomic E-state index is 7.02. The van der Waals surface area contributed by atoms with E-state index in [0.717, 1.165) is 33.4 Å². The molecule has 0 saturated carbocycles. The number of nitrogens with zero attached hydrogens (tertiary/aromatic N) is 1. The normalized spacial score (nSPS) is 13.4. The third-order valence-electron chi connectivity index (χ3n) is 9.04. The van der Waals surface area contributed by atoms with E-state index in [-0.39, 0.29) is 0 Å². The van der Waals surface area contributed by atoms with Crippen LogP contribution in [0.15, 0.2) is 125 Å². The van der Waals surface area contributed by atoms with Crippen LogP contribution in [0.1, 0.15) is 40.1 Å². The molecule has 0 saturated heterocycles. The molecule has 0 radical (unpaired) electrons. The number of halogens is 1. The molecule has 2 N–H and O–H groups in total. The summed E-state index contributed by atoms with van der Waals surface area (Å²) in [6, 6.07) is 43.9. The van der Waals surface area contributed by atoms with Crippen LogP contribution in [-0.2, 0) is 12.8 Å². The number of nitrogen functional groups attached to an aromatic ring is 1. The first kappa shape index (κ1) is 29.2. The molecule has 5 aromatic carbocycles. The number of benzene rings is 5. The van der Waals surface area contributed by atoms with Crippen molar-refractivity contribution in [2.45, 2.75) is 32.6 Å². The van der Waals surface area contributed by atoms with Crippen molar-refractivity contribution in [1.29, 1.82) is 0 Å². The molecule has 1 aliphatic carbocycles. The molecule has 2 aromatic heterocycles. The topological polar surface area (TPSA) is 38.9 Å². The maximum absolute atomic E-state index is 7.02. The van der Waals surface area contributed by atoms with Crippen LogP contribution in [0.25, 0.3) is 48.8 Å². The van der Waals surface area contributed by atoms with E-state index in [1.165, 1.54) is 67.2 Å². The van der Waals surface area contributed by atoms with Crippen LogP contribution < -0.4 is 26.9 Å². The summed E-state index contributed by atoms with van der Waals surface area (Å²) in [6.45, 7) is 2.05. The molecule has 0 amide bonds. The Hall–Kier alpha value is -4.26. The molecule has 0 atom stereocenters. The number of pyridine rings is 1. The molecule has 0 fully saturated rings. The number of aromatic nitrogens is 1. The standard InChI is InChI=1S/C42H34IN2S/c1-27-25-37(28-11-4-2-5-12-28)35-24-23-34(40(44)41(35)45-27)38(29-13-6-3-7-14-29)26-43-31-21-19-30(20-22-31)32-16-10-17-36-33-15-8-9-18-39(33)46-42(32)36/h2-7,10-14,16-17,19-26H,8-9,15,18,44H2,1H3/q-1/b38-26-. The molecule has 7 aromatic rings. The van der Waals surface area contributed by atoms with Gasteiger partial charge in [0, 0.05) is 0 Å². The summed E-state index contributed by atoms with van der Waals surface area (Å²) in [4.78, 5) is 6.56. The molecule has 0 bridgehead atoms. The summed E-state index contributed by atoms with van der Waals surface area (Å²) in [7, 11) is 0. The molecule has 226 valence electrons. The number of fused-ring (bicyclic) bond motifs is 4. The van der Waals surface area contributed by atoms with Gasteiger partial charge in [-0.1, -0.05) is 0 Å². The van der Waals surface area contributed by atoms with Crippen LogP contribution in [-0.4, -0.2) is 4.98 Å². The molecule has 46 heavy (non-hydrogen) atoms. The minimum atomic E-state index is -0.423. The summed E-state index contributed by atoms with van der Waals surface area (Å²) in [5.41, 5.74) is 19.6. The fraction of sp³-hybridized carbons (Fsp3) is 0.119. The van der Waals surface area contributed by atoms with Crippen LogP contribution in [0.4, 0.5) is 5.69 Å². The van der Waals surface area contributed by atoms with Crippen LogP contribution in [0.2, 0.25) is 0 Å². The van der Waals surface area contributed by atoms with Gasteiger partial charge in [-0.2, -0.15) is 0 Å². The van der Waals surface area contributed by atoms with Crippen molar-refractivity contribution in [3.63, 3.8) is 0 Å². The van der Waals surface area contributed by atoms with E-state index in [1.807, 2.05) is 18.3 Å². The number of rotatable bonds is 6. The van der Waals surface area contributed by atoms with Crippen LogP contribution in [0, 0.1) is 10.5 Å².